The second-order valence-corrected chi connectivity index (χ2v) is 10.0. The predicted octanol–water partition coefficient (Wildman–Crippen LogP) is 6.63. The van der Waals surface area contributed by atoms with E-state index < -0.39 is 5.97 Å². The van der Waals surface area contributed by atoms with E-state index in [4.69, 9.17) is 21.3 Å². The van der Waals surface area contributed by atoms with Gasteiger partial charge in [-0.15, -0.1) is 0 Å². The molecule has 0 spiro atoms. The molecule has 202 valence electrons. The third kappa shape index (κ3) is 5.75. The van der Waals surface area contributed by atoms with Gasteiger partial charge in [-0.2, -0.15) is 0 Å². The number of ether oxygens (including phenoxy) is 1. The van der Waals surface area contributed by atoms with Crippen molar-refractivity contribution in [3.63, 3.8) is 0 Å². The summed E-state index contributed by atoms with van der Waals surface area (Å²) in [4.78, 5) is 37.7. The fourth-order valence-corrected chi connectivity index (χ4v) is 4.87. The Morgan fingerprint density at radius 2 is 1.73 bits per heavy atom. The monoisotopic (exact) mass is 552 g/mol. The van der Waals surface area contributed by atoms with Gasteiger partial charge in [0.15, 0.2) is 0 Å². The number of nitrogens with zero attached hydrogens (tertiary/aromatic N) is 2. The van der Waals surface area contributed by atoms with E-state index in [0.29, 0.717) is 17.1 Å². The third-order valence-electron chi connectivity index (χ3n) is 6.91. The van der Waals surface area contributed by atoms with Gasteiger partial charge in [0.05, 0.1) is 34.1 Å². The molecule has 1 unspecified atom stereocenters. The molecule has 1 atom stereocenters. The first-order valence-electron chi connectivity index (χ1n) is 13.1. The number of aromatic amines is 1. The maximum absolute atomic E-state index is 13.3. The normalized spacial score (nSPS) is 11.8. The van der Waals surface area contributed by atoms with Crippen molar-refractivity contribution in [3.8, 4) is 11.1 Å². The number of hydrogen-bond donors (Lipinski definition) is 2. The van der Waals surface area contributed by atoms with Crippen LogP contribution in [0.2, 0.25) is 5.02 Å². The molecule has 2 N–H and O–H groups in total. The molecule has 8 heteroatoms. The number of carbonyl (C=O) groups excluding carboxylic acids is 2. The Labute approximate surface area is 237 Å². The maximum Gasteiger partial charge on any atom is 0.356 e. The van der Waals surface area contributed by atoms with E-state index in [0.717, 1.165) is 33.5 Å². The van der Waals surface area contributed by atoms with Crippen LogP contribution in [0, 0.1) is 13.8 Å². The molecule has 1 amide bonds. The number of aryl methyl sites for hydroxylation is 2. The van der Waals surface area contributed by atoms with Crippen LogP contribution >= 0.6 is 11.6 Å². The lowest BCUT2D eigenvalue weighted by Crippen LogP contribution is -2.29. The number of benzene rings is 3. The number of carbonyl (C=O) groups is 2. The number of amides is 1. The summed E-state index contributed by atoms with van der Waals surface area (Å²) in [5.74, 6) is -0.186. The molecule has 0 saturated heterocycles. The first kappa shape index (κ1) is 27.1. The number of rotatable bonds is 8. The van der Waals surface area contributed by atoms with Crippen LogP contribution in [0.15, 0.2) is 79.0 Å². The van der Waals surface area contributed by atoms with Gasteiger partial charge in [0, 0.05) is 12.7 Å². The Balaban J connectivity index is 1.37. The van der Waals surface area contributed by atoms with Crippen LogP contribution in [-0.2, 0) is 4.74 Å². The molecule has 0 saturated carbocycles. The van der Waals surface area contributed by atoms with E-state index in [1.165, 1.54) is 11.1 Å². The van der Waals surface area contributed by atoms with Gasteiger partial charge >= 0.3 is 5.97 Å². The molecule has 0 radical (unpaired) electrons. The highest BCUT2D eigenvalue weighted by molar-refractivity contribution is 6.34. The Hall–Kier alpha value is -4.49. The zero-order valence-electron chi connectivity index (χ0n) is 22.5. The second-order valence-electron chi connectivity index (χ2n) is 9.59. The van der Waals surface area contributed by atoms with E-state index >= 15 is 0 Å². The summed E-state index contributed by atoms with van der Waals surface area (Å²) in [6.45, 7) is 6.48. The number of imidazole rings is 1. The van der Waals surface area contributed by atoms with E-state index in [1.807, 2.05) is 30.3 Å². The number of pyridine rings is 1. The van der Waals surface area contributed by atoms with Gasteiger partial charge in [0.1, 0.15) is 11.5 Å². The molecular formula is C32H29ClN4O3. The van der Waals surface area contributed by atoms with Crippen LogP contribution in [-0.4, -0.2) is 40.0 Å². The molecule has 2 heterocycles. The standard InChI is InChI=1S/C32H29ClN4O3/c1-4-40-32(39)29-17-23(12-13-34-29)22-10-11-24(26(33)16-22)31(38)35-18-25(21-8-6-5-7-9-21)30-36-27-14-19(2)20(3)15-28(27)37-30/h5-17,25H,4,18H2,1-3H3,(H,35,38)(H,36,37). The average Bonchev–Trinajstić information content (AvgIpc) is 3.36. The summed E-state index contributed by atoms with van der Waals surface area (Å²) in [5, 5.41) is 3.35. The van der Waals surface area contributed by atoms with Gasteiger partial charge < -0.3 is 15.0 Å². The van der Waals surface area contributed by atoms with E-state index in [-0.39, 0.29) is 24.1 Å². The van der Waals surface area contributed by atoms with Crippen molar-refractivity contribution in [1.82, 2.24) is 20.3 Å². The molecule has 0 aliphatic rings. The van der Waals surface area contributed by atoms with Gasteiger partial charge in [-0.1, -0.05) is 48.0 Å². The van der Waals surface area contributed by atoms with Gasteiger partial charge in [0.25, 0.3) is 5.91 Å². The van der Waals surface area contributed by atoms with Crippen LogP contribution in [0.4, 0.5) is 0 Å². The first-order chi connectivity index (χ1) is 19.3. The van der Waals surface area contributed by atoms with Crippen molar-refractivity contribution in [2.45, 2.75) is 26.7 Å². The fraction of sp³-hybridized carbons (Fsp3) is 0.188. The molecule has 5 rings (SSSR count). The fourth-order valence-electron chi connectivity index (χ4n) is 4.61. The summed E-state index contributed by atoms with van der Waals surface area (Å²) in [7, 11) is 0. The second kappa shape index (κ2) is 11.7. The van der Waals surface area contributed by atoms with Gasteiger partial charge in [-0.25, -0.2) is 14.8 Å². The molecule has 0 aliphatic heterocycles. The van der Waals surface area contributed by atoms with Crippen molar-refractivity contribution in [1.29, 1.82) is 0 Å². The van der Waals surface area contributed by atoms with E-state index in [1.54, 1.807) is 43.5 Å². The van der Waals surface area contributed by atoms with Gasteiger partial charge in [0.2, 0.25) is 0 Å². The van der Waals surface area contributed by atoms with Crippen LogP contribution < -0.4 is 5.32 Å². The molecule has 7 nitrogen and oxygen atoms in total. The molecule has 2 aromatic heterocycles. The largest absolute Gasteiger partial charge is 0.461 e. The van der Waals surface area contributed by atoms with Crippen molar-refractivity contribution in [3.05, 3.63) is 118 Å². The number of aromatic nitrogens is 3. The minimum absolute atomic E-state index is 0.186. The number of hydrogen-bond acceptors (Lipinski definition) is 5. The van der Waals surface area contributed by atoms with Crippen LogP contribution in [0.3, 0.4) is 0 Å². The summed E-state index contributed by atoms with van der Waals surface area (Å²) < 4.78 is 5.04. The van der Waals surface area contributed by atoms with Crippen molar-refractivity contribution in [2.75, 3.05) is 13.2 Å². The highest BCUT2D eigenvalue weighted by atomic mass is 35.5. The van der Waals surface area contributed by atoms with Crippen LogP contribution in [0.1, 0.15) is 56.2 Å². The number of halogens is 1. The van der Waals surface area contributed by atoms with Crippen LogP contribution in [0.25, 0.3) is 22.2 Å². The zero-order valence-corrected chi connectivity index (χ0v) is 23.3. The predicted molar refractivity (Wildman–Crippen MR) is 157 cm³/mol. The molecule has 5 aromatic rings. The summed E-state index contributed by atoms with van der Waals surface area (Å²) in [6.07, 6.45) is 1.54. The SMILES string of the molecule is CCOC(=O)c1cc(-c2ccc(C(=O)NCC(c3ccccc3)c3nc4cc(C)c(C)cc4[nH]3)c(Cl)c2)ccn1. The molecular weight excluding hydrogens is 524 g/mol. The van der Waals surface area contributed by atoms with Gasteiger partial charge in [-0.05, 0) is 85.0 Å². The summed E-state index contributed by atoms with van der Waals surface area (Å²) in [5.41, 5.74) is 7.32. The zero-order chi connectivity index (χ0) is 28.2. The number of esters is 1. The Morgan fingerprint density at radius 1 is 0.975 bits per heavy atom. The first-order valence-corrected chi connectivity index (χ1v) is 13.4. The smallest absolute Gasteiger partial charge is 0.356 e. The molecule has 0 fully saturated rings. The Bertz CT molecular complexity index is 1660. The molecule has 0 aliphatic carbocycles. The Kier molecular flexibility index (Phi) is 7.94. The maximum atomic E-state index is 13.3. The van der Waals surface area contributed by atoms with Crippen molar-refractivity contribution in [2.24, 2.45) is 0 Å². The summed E-state index contributed by atoms with van der Waals surface area (Å²) >= 11 is 6.57. The average molecular weight is 553 g/mol. The molecule has 3 aromatic carbocycles. The minimum Gasteiger partial charge on any atom is -0.461 e. The lowest BCUT2D eigenvalue weighted by atomic mass is 9.98. The Morgan fingerprint density at radius 3 is 2.48 bits per heavy atom. The van der Waals surface area contributed by atoms with Crippen molar-refractivity contribution < 1.29 is 14.3 Å². The molecule has 0 bridgehead atoms. The summed E-state index contributed by atoms with van der Waals surface area (Å²) in [6, 6.07) is 22.7. The highest BCUT2D eigenvalue weighted by Crippen LogP contribution is 2.28. The quantitative estimate of drug-likeness (QED) is 0.210. The van der Waals surface area contributed by atoms with Crippen LogP contribution in [0.5, 0.6) is 0 Å². The minimum atomic E-state index is -0.492. The lowest BCUT2D eigenvalue weighted by molar-refractivity contribution is 0.0519. The van der Waals surface area contributed by atoms with Gasteiger partial charge in [-0.3, -0.25) is 4.79 Å². The number of H-pyrrole nitrogens is 1. The highest BCUT2D eigenvalue weighted by Gasteiger charge is 2.21. The lowest BCUT2D eigenvalue weighted by Gasteiger charge is -2.17. The molecule has 40 heavy (non-hydrogen) atoms. The number of nitrogens with one attached hydrogen (secondary N) is 2. The van der Waals surface area contributed by atoms with E-state index in [2.05, 4.69) is 41.3 Å². The van der Waals surface area contributed by atoms with Crippen molar-refractivity contribution >= 4 is 34.5 Å². The third-order valence-corrected chi connectivity index (χ3v) is 7.22. The topological polar surface area (TPSA) is 97.0 Å². The van der Waals surface area contributed by atoms with E-state index in [9.17, 15) is 9.59 Å². The number of fused-ring (bicyclic) bond motifs is 1.